The maximum absolute atomic E-state index is 7.41. The largest absolute Gasteiger partial charge is 0.320 e. The maximum atomic E-state index is 7.41. The molecule has 8 rings (SSSR count). The van der Waals surface area contributed by atoms with E-state index in [0.29, 0.717) is 0 Å². The zero-order chi connectivity index (χ0) is 29.6. The Bertz CT molecular complexity index is 2110. The molecule has 4 heteroatoms. The Balaban J connectivity index is 1.41. The molecule has 0 saturated carbocycles. The lowest BCUT2D eigenvalue weighted by atomic mass is 9.93. The van der Waals surface area contributed by atoms with Gasteiger partial charge in [0.05, 0.1) is 28.6 Å². The minimum absolute atomic E-state index is 0.306. The van der Waals surface area contributed by atoms with E-state index in [9.17, 15) is 0 Å². The van der Waals surface area contributed by atoms with Gasteiger partial charge in [-0.3, -0.25) is 0 Å². The van der Waals surface area contributed by atoms with E-state index in [-0.39, 0.29) is 6.04 Å². The van der Waals surface area contributed by atoms with Crippen molar-refractivity contribution in [2.75, 3.05) is 4.90 Å². The molecule has 2 unspecified atom stereocenters. The first-order valence-corrected chi connectivity index (χ1v) is 15.0. The number of para-hydroxylation sites is 4. The third-order valence-corrected chi connectivity index (χ3v) is 8.83. The molecule has 7 aromatic rings. The standard InChI is InChI=1S/C40H32N4/c41-38(27-15-3-1-4-16-27)29-19-7-8-20-30(29)40(42)44-35-25-13-10-22-32(35)37-31-21-9-12-24-34(31)43(28-17-5-2-6-18-28)39(37)33-23-11-14-26-36(33)44/h1-26,38,40H,41-42H2. The van der Waals surface area contributed by atoms with Crippen molar-refractivity contribution in [2.24, 2.45) is 11.5 Å². The van der Waals surface area contributed by atoms with Crippen molar-refractivity contribution < 1.29 is 0 Å². The lowest BCUT2D eigenvalue weighted by Gasteiger charge is -2.34. The molecule has 0 saturated heterocycles. The summed E-state index contributed by atoms with van der Waals surface area (Å²) < 4.78 is 2.40. The van der Waals surface area contributed by atoms with Crippen LogP contribution < -0.4 is 16.4 Å². The minimum atomic E-state index is -0.497. The van der Waals surface area contributed by atoms with Crippen LogP contribution in [-0.2, 0) is 0 Å². The second kappa shape index (κ2) is 10.7. The molecule has 4 nitrogen and oxygen atoms in total. The molecule has 0 radical (unpaired) electrons. The second-order valence-corrected chi connectivity index (χ2v) is 11.3. The topological polar surface area (TPSA) is 60.2 Å². The van der Waals surface area contributed by atoms with Gasteiger partial charge in [-0.1, -0.05) is 127 Å². The zero-order valence-corrected chi connectivity index (χ0v) is 24.2. The normalized spacial score (nSPS) is 13.5. The Hall–Kier alpha value is -5.42. The third kappa shape index (κ3) is 4.08. The highest BCUT2D eigenvalue weighted by Crippen LogP contribution is 2.53. The van der Waals surface area contributed by atoms with Crippen molar-refractivity contribution in [3.8, 4) is 28.1 Å². The summed E-state index contributed by atoms with van der Waals surface area (Å²) in [6, 6.07) is 54.8. The fourth-order valence-electron chi connectivity index (χ4n) is 6.86. The maximum Gasteiger partial charge on any atom is 0.108 e. The van der Waals surface area contributed by atoms with Gasteiger partial charge in [0.1, 0.15) is 6.17 Å². The van der Waals surface area contributed by atoms with Crippen molar-refractivity contribution in [3.05, 3.63) is 174 Å². The van der Waals surface area contributed by atoms with Crippen LogP contribution in [0.1, 0.15) is 28.9 Å². The van der Waals surface area contributed by atoms with E-state index in [4.69, 9.17) is 11.5 Å². The number of fused-ring (bicyclic) bond motifs is 7. The molecule has 212 valence electrons. The summed E-state index contributed by atoms with van der Waals surface area (Å²) >= 11 is 0. The molecule has 1 aliphatic rings. The van der Waals surface area contributed by atoms with E-state index in [2.05, 4.69) is 143 Å². The van der Waals surface area contributed by atoms with Crippen LogP contribution in [-0.4, -0.2) is 4.57 Å². The molecular weight excluding hydrogens is 536 g/mol. The first kappa shape index (κ1) is 26.2. The SMILES string of the molecule is NC(c1ccccc1)c1ccccc1C(N)N1c2ccccc2-c2c(n(-c3ccccc3)c3ccccc23)-c2ccccc21. The van der Waals surface area contributed by atoms with E-state index in [1.54, 1.807) is 0 Å². The number of benzene rings is 6. The van der Waals surface area contributed by atoms with Crippen molar-refractivity contribution >= 4 is 22.3 Å². The average molecular weight is 569 g/mol. The Labute approximate surface area is 257 Å². The molecule has 1 aliphatic heterocycles. The quantitative estimate of drug-likeness (QED) is 0.218. The van der Waals surface area contributed by atoms with Gasteiger partial charge in [0.2, 0.25) is 0 Å². The van der Waals surface area contributed by atoms with Gasteiger partial charge in [-0.05, 0) is 47.0 Å². The zero-order valence-electron chi connectivity index (χ0n) is 24.2. The number of aromatic nitrogens is 1. The van der Waals surface area contributed by atoms with Gasteiger partial charge >= 0.3 is 0 Å². The van der Waals surface area contributed by atoms with Crippen LogP contribution in [0, 0.1) is 0 Å². The average Bonchev–Trinajstić information content (AvgIpc) is 3.38. The van der Waals surface area contributed by atoms with Gasteiger partial charge in [-0.15, -0.1) is 0 Å². The third-order valence-electron chi connectivity index (χ3n) is 8.83. The Kier molecular flexibility index (Phi) is 6.37. The van der Waals surface area contributed by atoms with Crippen LogP contribution in [0.4, 0.5) is 11.4 Å². The highest BCUT2D eigenvalue weighted by Gasteiger charge is 2.33. The van der Waals surface area contributed by atoms with E-state index in [1.165, 1.54) is 16.5 Å². The van der Waals surface area contributed by atoms with Crippen LogP contribution in [0.15, 0.2) is 158 Å². The summed E-state index contributed by atoms with van der Waals surface area (Å²) in [7, 11) is 0. The van der Waals surface area contributed by atoms with Gasteiger partial charge in [-0.25, -0.2) is 0 Å². The second-order valence-electron chi connectivity index (χ2n) is 11.3. The van der Waals surface area contributed by atoms with E-state index in [1.807, 2.05) is 24.3 Å². The lowest BCUT2D eigenvalue weighted by molar-refractivity contribution is 0.712. The van der Waals surface area contributed by atoms with Gasteiger partial charge in [0.15, 0.2) is 0 Å². The van der Waals surface area contributed by atoms with Gasteiger partial charge in [0, 0.05) is 27.8 Å². The Morgan fingerprint density at radius 2 is 1.02 bits per heavy atom. The monoisotopic (exact) mass is 568 g/mol. The van der Waals surface area contributed by atoms with Crippen LogP contribution in [0.2, 0.25) is 0 Å². The van der Waals surface area contributed by atoms with Crippen LogP contribution in [0.25, 0.3) is 39.0 Å². The smallest absolute Gasteiger partial charge is 0.108 e. The van der Waals surface area contributed by atoms with E-state index in [0.717, 1.165) is 50.6 Å². The first-order valence-electron chi connectivity index (χ1n) is 15.0. The number of nitrogens with two attached hydrogens (primary N) is 2. The van der Waals surface area contributed by atoms with E-state index < -0.39 is 6.17 Å². The van der Waals surface area contributed by atoms with Crippen molar-refractivity contribution in [1.29, 1.82) is 0 Å². The number of nitrogens with zero attached hydrogens (tertiary/aromatic N) is 2. The molecular formula is C40H32N4. The van der Waals surface area contributed by atoms with Crippen LogP contribution >= 0.6 is 0 Å². The minimum Gasteiger partial charge on any atom is -0.320 e. The predicted octanol–water partition coefficient (Wildman–Crippen LogP) is 9.12. The van der Waals surface area contributed by atoms with Gasteiger partial charge in [0.25, 0.3) is 0 Å². The van der Waals surface area contributed by atoms with Crippen molar-refractivity contribution in [3.63, 3.8) is 0 Å². The summed E-state index contributed by atoms with van der Waals surface area (Å²) in [5.74, 6) is 0. The summed E-state index contributed by atoms with van der Waals surface area (Å²) in [4.78, 5) is 2.30. The summed E-state index contributed by atoms with van der Waals surface area (Å²) in [6.45, 7) is 0. The Morgan fingerprint density at radius 3 is 1.77 bits per heavy atom. The number of anilines is 2. The molecule has 6 aromatic carbocycles. The van der Waals surface area contributed by atoms with Crippen molar-refractivity contribution in [2.45, 2.75) is 12.2 Å². The molecule has 0 aliphatic carbocycles. The highest BCUT2D eigenvalue weighted by molar-refractivity contribution is 6.11. The lowest BCUT2D eigenvalue weighted by Crippen LogP contribution is -2.33. The van der Waals surface area contributed by atoms with Gasteiger partial charge < -0.3 is 20.9 Å². The first-order chi connectivity index (χ1) is 21.7. The van der Waals surface area contributed by atoms with Crippen molar-refractivity contribution in [1.82, 2.24) is 4.57 Å². The van der Waals surface area contributed by atoms with Gasteiger partial charge in [-0.2, -0.15) is 0 Å². The summed E-state index contributed by atoms with van der Waals surface area (Å²) in [5, 5.41) is 1.20. The molecule has 0 bridgehead atoms. The molecule has 0 spiro atoms. The fraction of sp³-hybridized carbons (Fsp3) is 0.0500. The summed E-state index contributed by atoms with van der Waals surface area (Å²) in [5.41, 5.74) is 26.4. The molecule has 0 amide bonds. The molecule has 1 aromatic heterocycles. The predicted molar refractivity (Wildman–Crippen MR) is 182 cm³/mol. The summed E-state index contributed by atoms with van der Waals surface area (Å²) in [6.07, 6.45) is -0.497. The number of hydrogen-bond donors (Lipinski definition) is 2. The number of hydrogen-bond acceptors (Lipinski definition) is 3. The van der Waals surface area contributed by atoms with E-state index >= 15 is 0 Å². The fourth-order valence-corrected chi connectivity index (χ4v) is 6.86. The highest BCUT2D eigenvalue weighted by atomic mass is 15.2. The Morgan fingerprint density at radius 1 is 0.477 bits per heavy atom. The van der Waals surface area contributed by atoms with Crippen LogP contribution in [0.5, 0.6) is 0 Å². The molecule has 4 N–H and O–H groups in total. The molecule has 2 atom stereocenters. The molecule has 2 heterocycles. The van der Waals surface area contributed by atoms with Crippen LogP contribution in [0.3, 0.4) is 0 Å². The molecule has 0 fully saturated rings. The number of rotatable bonds is 5. The molecule has 44 heavy (non-hydrogen) atoms.